The molecule has 0 aliphatic carbocycles. The Morgan fingerprint density at radius 2 is 0.917 bits per heavy atom. The number of anilines is 6. The van der Waals surface area contributed by atoms with Crippen LogP contribution in [0.4, 0.5) is 39.8 Å². The maximum Gasteiger partial charge on any atom is 0.194 e. The first-order chi connectivity index (χ1) is 29.4. The summed E-state index contributed by atoms with van der Waals surface area (Å²) in [5.74, 6) is 2.40. The molecule has 0 spiro atoms. The number of nitrogens with zero attached hydrogens (tertiary/aromatic N) is 4. The van der Waals surface area contributed by atoms with Crippen molar-refractivity contribution in [3.05, 3.63) is 203 Å². The average molecular weight is 785 g/mol. The van der Waals surface area contributed by atoms with Crippen LogP contribution < -0.4 is 24.0 Å². The molecule has 0 aromatic heterocycles. The predicted molar refractivity (Wildman–Crippen MR) is 247 cm³/mol. The number of benzene rings is 7. The van der Waals surface area contributed by atoms with Crippen LogP contribution in [0.25, 0.3) is 29.1 Å². The Kier molecular flexibility index (Phi) is 12.7. The fourth-order valence-corrected chi connectivity index (χ4v) is 6.84. The number of rotatable bonds is 14. The molecule has 60 heavy (non-hydrogen) atoms. The number of methoxy groups -OCH3 is 2. The standard InChI is InChI=1S/C53H44N4O3/c1-6-60-52-33-27-49(28-34-52)57(48-25-31-51(59-5)32-26-48)46-19-11-39(12-20-46)9-15-41-36-53(55-3)42(35-43(41)37-54)16-10-40-13-21-45(22-14-40)56(44-17-7-38(2)8-18-44)47-23-29-50(58-4)30-24-47/h7-36H,6H2,1-2,4-5H3/b15-9+,16-10+. The smallest absolute Gasteiger partial charge is 0.194 e. The Balaban J connectivity index is 1.10. The van der Waals surface area contributed by atoms with E-state index in [9.17, 15) is 5.26 Å². The molecule has 7 heteroatoms. The summed E-state index contributed by atoms with van der Waals surface area (Å²) >= 11 is 0. The van der Waals surface area contributed by atoms with Gasteiger partial charge in [0, 0.05) is 34.1 Å². The highest BCUT2D eigenvalue weighted by Gasteiger charge is 2.15. The van der Waals surface area contributed by atoms with Crippen molar-refractivity contribution < 1.29 is 14.2 Å². The molecule has 0 radical (unpaired) electrons. The SMILES string of the molecule is [C-]#[N+]c1cc(/C=C/c2ccc(N(c3ccc(OC)cc3)c3ccc(OCC)cc3)cc2)c(C#N)cc1/C=C/c1ccc(N(c2ccc(C)cc2)c2ccc(OC)cc2)cc1. The highest BCUT2D eigenvalue weighted by molar-refractivity contribution is 5.84. The minimum Gasteiger partial charge on any atom is -0.497 e. The maximum absolute atomic E-state index is 10.2. The van der Waals surface area contributed by atoms with E-state index in [0.29, 0.717) is 29.0 Å². The maximum atomic E-state index is 10.2. The molecular formula is C53H44N4O3. The van der Waals surface area contributed by atoms with Crippen molar-refractivity contribution in [3.8, 4) is 23.3 Å². The molecule has 0 bridgehead atoms. The third kappa shape index (κ3) is 9.40. The van der Waals surface area contributed by atoms with Crippen LogP contribution in [0.5, 0.6) is 17.2 Å². The topological polar surface area (TPSA) is 62.3 Å². The fraction of sp³-hybridized carbons (Fsp3) is 0.0943. The molecule has 7 aromatic rings. The van der Waals surface area contributed by atoms with Gasteiger partial charge >= 0.3 is 0 Å². The summed E-state index contributed by atoms with van der Waals surface area (Å²) < 4.78 is 16.5. The second kappa shape index (κ2) is 19.0. The molecule has 0 aliphatic heterocycles. The Hall–Kier alpha value is -8.00. The van der Waals surface area contributed by atoms with Crippen molar-refractivity contribution in [1.29, 1.82) is 5.26 Å². The van der Waals surface area contributed by atoms with Crippen LogP contribution in [0.15, 0.2) is 158 Å². The van der Waals surface area contributed by atoms with Crippen molar-refractivity contribution >= 4 is 64.1 Å². The van der Waals surface area contributed by atoms with Gasteiger partial charge in [0.15, 0.2) is 5.69 Å². The number of hydrogen-bond donors (Lipinski definition) is 0. The number of aryl methyl sites for hydroxylation is 1. The van der Waals surface area contributed by atoms with Gasteiger partial charge in [0.1, 0.15) is 17.2 Å². The quantitative estimate of drug-likeness (QED) is 0.0808. The van der Waals surface area contributed by atoms with Crippen molar-refractivity contribution in [2.75, 3.05) is 30.6 Å². The van der Waals surface area contributed by atoms with E-state index in [-0.39, 0.29) is 0 Å². The number of ether oxygens (including phenoxy) is 3. The van der Waals surface area contributed by atoms with Gasteiger partial charge in [0.05, 0.1) is 39.0 Å². The first-order valence-electron chi connectivity index (χ1n) is 19.6. The summed E-state index contributed by atoms with van der Waals surface area (Å²) in [5, 5.41) is 10.2. The summed E-state index contributed by atoms with van der Waals surface area (Å²) in [6.45, 7) is 12.6. The predicted octanol–water partition coefficient (Wildman–Crippen LogP) is 14.1. The molecule has 7 rings (SSSR count). The van der Waals surface area contributed by atoms with Crippen molar-refractivity contribution in [1.82, 2.24) is 0 Å². The summed E-state index contributed by atoms with van der Waals surface area (Å²) in [4.78, 5) is 8.20. The van der Waals surface area contributed by atoms with Crippen molar-refractivity contribution in [2.24, 2.45) is 0 Å². The Bertz CT molecular complexity index is 2670. The summed E-state index contributed by atoms with van der Waals surface area (Å²) in [6, 6.07) is 54.8. The van der Waals surface area contributed by atoms with E-state index in [0.717, 1.165) is 62.5 Å². The van der Waals surface area contributed by atoms with Gasteiger partial charge in [0.2, 0.25) is 0 Å². The molecule has 0 heterocycles. The molecule has 7 nitrogen and oxygen atoms in total. The van der Waals surface area contributed by atoms with E-state index in [2.05, 4.69) is 88.3 Å². The van der Waals surface area contributed by atoms with Crippen molar-refractivity contribution in [3.63, 3.8) is 0 Å². The highest BCUT2D eigenvalue weighted by Crippen LogP contribution is 2.38. The second-order valence-electron chi connectivity index (χ2n) is 13.9. The minimum absolute atomic E-state index is 0.465. The van der Waals surface area contributed by atoms with E-state index in [1.165, 1.54) is 5.56 Å². The highest BCUT2D eigenvalue weighted by atomic mass is 16.5. The van der Waals surface area contributed by atoms with Gasteiger partial charge in [-0.3, -0.25) is 0 Å². The van der Waals surface area contributed by atoms with Gasteiger partial charge in [-0.25, -0.2) is 4.85 Å². The summed E-state index contributed by atoms with van der Waals surface area (Å²) in [5.41, 5.74) is 11.4. The molecular weight excluding hydrogens is 741 g/mol. The van der Waals surface area contributed by atoms with E-state index < -0.39 is 0 Å². The Labute approximate surface area is 352 Å². The molecule has 0 aliphatic rings. The zero-order valence-corrected chi connectivity index (χ0v) is 34.0. The molecule has 294 valence electrons. The van der Waals surface area contributed by atoms with Crippen LogP contribution in [-0.4, -0.2) is 20.8 Å². The van der Waals surface area contributed by atoms with Gasteiger partial charge in [-0.05, 0) is 157 Å². The molecule has 0 atom stereocenters. The normalized spacial score (nSPS) is 10.9. The molecule has 0 saturated heterocycles. The Morgan fingerprint density at radius 3 is 1.30 bits per heavy atom. The van der Waals surface area contributed by atoms with E-state index in [1.54, 1.807) is 26.4 Å². The monoisotopic (exact) mass is 784 g/mol. The lowest BCUT2D eigenvalue weighted by atomic mass is 10.0. The fourth-order valence-electron chi connectivity index (χ4n) is 6.84. The van der Waals surface area contributed by atoms with Crippen LogP contribution in [0.3, 0.4) is 0 Å². The molecule has 0 N–H and O–H groups in total. The van der Waals surface area contributed by atoms with Crippen LogP contribution >= 0.6 is 0 Å². The van der Waals surface area contributed by atoms with Gasteiger partial charge in [0.25, 0.3) is 0 Å². The van der Waals surface area contributed by atoms with E-state index >= 15 is 0 Å². The molecule has 0 saturated carbocycles. The number of hydrogen-bond acceptors (Lipinski definition) is 6. The van der Waals surface area contributed by atoms with Gasteiger partial charge in [-0.2, -0.15) is 5.26 Å². The summed E-state index contributed by atoms with van der Waals surface area (Å²) in [7, 11) is 3.32. The van der Waals surface area contributed by atoms with Crippen LogP contribution in [0, 0.1) is 24.8 Å². The van der Waals surface area contributed by atoms with Gasteiger partial charge in [-0.1, -0.05) is 66.3 Å². The zero-order chi connectivity index (χ0) is 41.8. The third-order valence-electron chi connectivity index (χ3n) is 10.0. The van der Waals surface area contributed by atoms with Crippen molar-refractivity contribution in [2.45, 2.75) is 13.8 Å². The Morgan fingerprint density at radius 1 is 0.533 bits per heavy atom. The zero-order valence-electron chi connectivity index (χ0n) is 34.0. The number of nitriles is 1. The minimum atomic E-state index is 0.465. The van der Waals surface area contributed by atoms with Crippen LogP contribution in [-0.2, 0) is 0 Å². The third-order valence-corrected chi connectivity index (χ3v) is 10.0. The van der Waals surface area contributed by atoms with Crippen LogP contribution in [0.2, 0.25) is 0 Å². The molecule has 0 fully saturated rings. The lowest BCUT2D eigenvalue weighted by molar-refractivity contribution is 0.340. The second-order valence-corrected chi connectivity index (χ2v) is 13.9. The first-order valence-corrected chi connectivity index (χ1v) is 19.6. The lowest BCUT2D eigenvalue weighted by Crippen LogP contribution is -2.09. The molecule has 0 amide bonds. The molecule has 0 unspecified atom stereocenters. The lowest BCUT2D eigenvalue weighted by Gasteiger charge is -2.26. The average Bonchev–Trinajstić information content (AvgIpc) is 3.30. The van der Waals surface area contributed by atoms with E-state index in [4.69, 9.17) is 20.8 Å². The van der Waals surface area contributed by atoms with Gasteiger partial charge in [-0.15, -0.1) is 0 Å². The largest absolute Gasteiger partial charge is 0.497 e. The first kappa shape index (κ1) is 40.2. The van der Waals surface area contributed by atoms with Gasteiger partial charge < -0.3 is 24.0 Å². The van der Waals surface area contributed by atoms with E-state index in [1.807, 2.05) is 116 Å². The summed E-state index contributed by atoms with van der Waals surface area (Å²) in [6.07, 6.45) is 7.73. The van der Waals surface area contributed by atoms with Crippen LogP contribution in [0.1, 0.15) is 40.3 Å². The molecule has 7 aromatic carbocycles.